The van der Waals surface area contributed by atoms with Gasteiger partial charge in [-0.2, -0.15) is 0 Å². The van der Waals surface area contributed by atoms with Crippen molar-refractivity contribution in [2.75, 3.05) is 5.43 Å². The summed E-state index contributed by atoms with van der Waals surface area (Å²) < 4.78 is 6.31. The molecule has 0 saturated carbocycles. The number of nitrogens with zero attached hydrogens (tertiary/aromatic N) is 3. The van der Waals surface area contributed by atoms with E-state index in [1.807, 2.05) is 0 Å². The summed E-state index contributed by atoms with van der Waals surface area (Å²) in [6.07, 6.45) is 4.22. The molecule has 0 aromatic carbocycles. The van der Waals surface area contributed by atoms with Crippen LogP contribution in [0.2, 0.25) is 0 Å². The van der Waals surface area contributed by atoms with E-state index in [2.05, 4.69) is 20.9 Å². The lowest BCUT2D eigenvalue weighted by Crippen LogP contribution is -2.37. The van der Waals surface area contributed by atoms with E-state index in [1.54, 1.807) is 6.07 Å². The third-order valence-corrected chi connectivity index (χ3v) is 1.81. The lowest BCUT2D eigenvalue weighted by Gasteiger charge is -2.07. The molecule has 8 heteroatoms. The molecule has 0 radical (unpaired) electrons. The van der Waals surface area contributed by atoms with Gasteiger partial charge in [-0.3, -0.25) is 15.5 Å². The number of carbonyl (C=O) groups is 1. The van der Waals surface area contributed by atoms with Gasteiger partial charge in [-0.25, -0.2) is 4.68 Å². The maximum Gasteiger partial charge on any atom is 0.293 e. The molecule has 0 aliphatic carbocycles. The summed E-state index contributed by atoms with van der Waals surface area (Å²) in [4.78, 5) is 11.5. The number of hydrogen-bond donors (Lipinski definition) is 2. The molecule has 0 aliphatic heterocycles. The summed E-state index contributed by atoms with van der Waals surface area (Å²) in [7, 11) is 0. The molecule has 0 saturated heterocycles. The van der Waals surface area contributed by atoms with Gasteiger partial charge in [-0.15, -0.1) is 10.2 Å². The number of amides is 1. The Kier molecular flexibility index (Phi) is 2.92. The smallest absolute Gasteiger partial charge is 0.293 e. The minimum Gasteiger partial charge on any atom is -0.459 e. The standard InChI is InChI=1S/C8H7N5O2S/c14-7(6-2-1-3-15-6)11-8(16)12-13-4-9-10-5-13/h1-5H,(H2,11,12,14,16). The van der Waals surface area contributed by atoms with Crippen LogP contribution in [-0.2, 0) is 0 Å². The SMILES string of the molecule is O=C(NC(=S)Nn1cnnc1)c1ccco1. The van der Waals surface area contributed by atoms with Crippen LogP contribution in [0.4, 0.5) is 0 Å². The van der Waals surface area contributed by atoms with Crippen LogP contribution in [0.15, 0.2) is 35.5 Å². The summed E-state index contributed by atoms with van der Waals surface area (Å²) in [6.45, 7) is 0. The van der Waals surface area contributed by atoms with Gasteiger partial charge >= 0.3 is 0 Å². The lowest BCUT2D eigenvalue weighted by atomic mass is 10.4. The third kappa shape index (κ3) is 2.42. The fraction of sp³-hybridized carbons (Fsp3) is 0. The maximum absolute atomic E-state index is 11.5. The van der Waals surface area contributed by atoms with Gasteiger partial charge < -0.3 is 4.42 Å². The van der Waals surface area contributed by atoms with Crippen LogP contribution in [0.1, 0.15) is 10.6 Å². The molecule has 0 atom stereocenters. The van der Waals surface area contributed by atoms with Crippen molar-refractivity contribution in [2.24, 2.45) is 0 Å². The largest absolute Gasteiger partial charge is 0.459 e. The molecule has 82 valence electrons. The van der Waals surface area contributed by atoms with E-state index in [0.29, 0.717) is 0 Å². The molecule has 0 unspecified atom stereocenters. The highest BCUT2D eigenvalue weighted by atomic mass is 32.1. The van der Waals surface area contributed by atoms with E-state index in [-0.39, 0.29) is 10.9 Å². The van der Waals surface area contributed by atoms with Gasteiger partial charge in [0.05, 0.1) is 6.26 Å². The summed E-state index contributed by atoms with van der Waals surface area (Å²) in [5.74, 6) is -0.233. The molecule has 2 aromatic heterocycles. The predicted molar refractivity (Wildman–Crippen MR) is 58.2 cm³/mol. The van der Waals surface area contributed by atoms with Crippen molar-refractivity contribution >= 4 is 23.2 Å². The number of nitrogens with one attached hydrogen (secondary N) is 2. The Balaban J connectivity index is 1.91. The van der Waals surface area contributed by atoms with Crippen LogP contribution in [0.5, 0.6) is 0 Å². The minimum absolute atomic E-state index is 0.126. The molecule has 7 nitrogen and oxygen atoms in total. The maximum atomic E-state index is 11.5. The number of aromatic nitrogens is 3. The first-order valence-corrected chi connectivity index (χ1v) is 4.67. The first-order chi connectivity index (χ1) is 7.75. The molecule has 2 aromatic rings. The van der Waals surface area contributed by atoms with Crippen molar-refractivity contribution in [3.05, 3.63) is 36.8 Å². The van der Waals surface area contributed by atoms with E-state index < -0.39 is 5.91 Å². The molecular formula is C8H7N5O2S. The Labute approximate surface area is 95.4 Å². The van der Waals surface area contributed by atoms with Gasteiger partial charge in [-0.1, -0.05) is 0 Å². The average Bonchev–Trinajstić information content (AvgIpc) is 2.88. The van der Waals surface area contributed by atoms with Gasteiger partial charge in [0.2, 0.25) is 0 Å². The van der Waals surface area contributed by atoms with Crippen molar-refractivity contribution in [1.29, 1.82) is 0 Å². The number of carbonyl (C=O) groups excluding carboxylic acids is 1. The van der Waals surface area contributed by atoms with Gasteiger partial charge in [0.15, 0.2) is 10.9 Å². The Hall–Kier alpha value is -2.22. The molecule has 0 fully saturated rings. The van der Waals surface area contributed by atoms with Gasteiger partial charge in [0.25, 0.3) is 5.91 Å². The number of hydrogen-bond acceptors (Lipinski definition) is 5. The summed E-state index contributed by atoms with van der Waals surface area (Å²) in [5, 5.41) is 9.69. The van der Waals surface area contributed by atoms with Crippen LogP contribution in [-0.4, -0.2) is 25.9 Å². The van der Waals surface area contributed by atoms with E-state index in [9.17, 15) is 4.79 Å². The first kappa shape index (κ1) is 10.3. The molecular weight excluding hydrogens is 230 g/mol. The van der Waals surface area contributed by atoms with Crippen LogP contribution >= 0.6 is 12.2 Å². The second-order valence-corrected chi connectivity index (χ2v) is 3.15. The minimum atomic E-state index is -0.421. The Morgan fingerprint density at radius 1 is 1.44 bits per heavy atom. The monoisotopic (exact) mass is 237 g/mol. The summed E-state index contributed by atoms with van der Waals surface area (Å²) in [6, 6.07) is 3.15. The fourth-order valence-electron chi connectivity index (χ4n) is 0.976. The van der Waals surface area contributed by atoms with Crippen LogP contribution in [0, 0.1) is 0 Å². The fourth-order valence-corrected chi connectivity index (χ4v) is 1.17. The average molecular weight is 237 g/mol. The molecule has 1 amide bonds. The van der Waals surface area contributed by atoms with Gasteiger partial charge in [0.1, 0.15) is 12.7 Å². The Morgan fingerprint density at radius 3 is 2.81 bits per heavy atom. The highest BCUT2D eigenvalue weighted by molar-refractivity contribution is 7.80. The first-order valence-electron chi connectivity index (χ1n) is 4.26. The lowest BCUT2D eigenvalue weighted by molar-refractivity contribution is 0.0950. The van der Waals surface area contributed by atoms with Crippen LogP contribution in [0.25, 0.3) is 0 Å². The predicted octanol–water partition coefficient (Wildman–Crippen LogP) is 0.129. The second-order valence-electron chi connectivity index (χ2n) is 2.74. The molecule has 2 N–H and O–H groups in total. The van der Waals surface area contributed by atoms with Crippen molar-refractivity contribution in [1.82, 2.24) is 20.2 Å². The van der Waals surface area contributed by atoms with Gasteiger partial charge in [-0.05, 0) is 24.4 Å². The van der Waals surface area contributed by atoms with Crippen molar-refractivity contribution in [3.63, 3.8) is 0 Å². The Bertz CT molecular complexity index is 479. The van der Waals surface area contributed by atoms with Gasteiger partial charge in [0, 0.05) is 0 Å². The number of rotatable bonds is 2. The highest BCUT2D eigenvalue weighted by Gasteiger charge is 2.09. The molecule has 2 heterocycles. The normalized spacial score (nSPS) is 9.75. The van der Waals surface area contributed by atoms with Crippen molar-refractivity contribution in [2.45, 2.75) is 0 Å². The van der Waals surface area contributed by atoms with Crippen LogP contribution in [0.3, 0.4) is 0 Å². The summed E-state index contributed by atoms with van der Waals surface area (Å²) in [5.41, 5.74) is 2.66. The van der Waals surface area contributed by atoms with Crippen LogP contribution < -0.4 is 10.7 Å². The molecule has 0 spiro atoms. The van der Waals surface area contributed by atoms with E-state index in [4.69, 9.17) is 16.6 Å². The third-order valence-electron chi connectivity index (χ3n) is 1.62. The zero-order valence-corrected chi connectivity index (χ0v) is 8.77. The number of thiocarbonyl (C=S) groups is 1. The highest BCUT2D eigenvalue weighted by Crippen LogP contribution is 1.98. The second kappa shape index (κ2) is 4.53. The molecule has 0 aliphatic rings. The topological polar surface area (TPSA) is 85.0 Å². The van der Waals surface area contributed by atoms with E-state index in [1.165, 1.54) is 29.7 Å². The quantitative estimate of drug-likeness (QED) is 0.722. The van der Waals surface area contributed by atoms with Crippen molar-refractivity contribution in [3.8, 4) is 0 Å². The molecule has 0 bridgehead atoms. The molecule has 2 rings (SSSR count). The van der Waals surface area contributed by atoms with Crippen molar-refractivity contribution < 1.29 is 9.21 Å². The molecule has 16 heavy (non-hydrogen) atoms. The van der Waals surface area contributed by atoms with E-state index in [0.717, 1.165) is 0 Å². The summed E-state index contributed by atoms with van der Waals surface area (Å²) >= 11 is 4.89. The zero-order chi connectivity index (χ0) is 11.4. The zero-order valence-electron chi connectivity index (χ0n) is 7.95. The number of furan rings is 1. The Morgan fingerprint density at radius 2 is 2.19 bits per heavy atom. The van der Waals surface area contributed by atoms with E-state index >= 15 is 0 Å².